The fourth-order valence-corrected chi connectivity index (χ4v) is 1.37. The van der Waals surface area contributed by atoms with Gasteiger partial charge in [-0.1, -0.05) is 13.0 Å². The first-order chi connectivity index (χ1) is 7.11. The van der Waals surface area contributed by atoms with E-state index >= 15 is 0 Å². The van der Waals surface area contributed by atoms with Gasteiger partial charge in [0.05, 0.1) is 12.1 Å². The summed E-state index contributed by atoms with van der Waals surface area (Å²) in [5, 5.41) is 2.57. The zero-order chi connectivity index (χ0) is 11.4. The van der Waals surface area contributed by atoms with Gasteiger partial charge < -0.3 is 5.32 Å². The number of likely N-dealkylation sites (N-methyl/N-ethyl adjacent to an activating group) is 1. The average molecular weight is 213 g/mol. The predicted octanol–water partition coefficient (Wildman–Crippen LogP) is 1.93. The maximum atomic E-state index is 13.6. The minimum absolute atomic E-state index is 0.0684. The number of carbonyl (C=O) groups is 1. The van der Waals surface area contributed by atoms with Crippen molar-refractivity contribution in [1.82, 2.24) is 5.32 Å². The first-order valence-electron chi connectivity index (χ1n) is 4.76. The molecule has 0 aliphatic rings. The summed E-state index contributed by atoms with van der Waals surface area (Å²) in [6.45, 7) is 1.68. The molecular weight excluding hydrogens is 200 g/mol. The number of hydrogen-bond acceptors (Lipinski definition) is 2. The lowest BCUT2D eigenvalue weighted by atomic mass is 10.0. The highest BCUT2D eigenvalue weighted by molar-refractivity contribution is 5.98. The summed E-state index contributed by atoms with van der Waals surface area (Å²) in [7, 11) is 1.55. The van der Waals surface area contributed by atoms with E-state index in [-0.39, 0.29) is 6.54 Å². The molecule has 0 spiro atoms. The van der Waals surface area contributed by atoms with E-state index in [0.29, 0.717) is 12.0 Å². The first kappa shape index (κ1) is 11.8. The minimum atomic E-state index is -0.801. The summed E-state index contributed by atoms with van der Waals surface area (Å²) in [6.07, 6.45) is 0.436. The number of Topliss-reactive ketones (excluding diaryl/α,β-unsaturated/α-hetero) is 1. The zero-order valence-electron chi connectivity index (χ0n) is 8.73. The molecule has 0 fully saturated rings. The number of carbonyl (C=O) groups excluding carboxylic acids is 1. The lowest BCUT2D eigenvalue weighted by Crippen LogP contribution is -2.21. The number of ketones is 1. The molecule has 2 nitrogen and oxygen atoms in total. The van der Waals surface area contributed by atoms with Crippen LogP contribution in [-0.4, -0.2) is 19.4 Å². The lowest BCUT2D eigenvalue weighted by molar-refractivity contribution is 0.0985. The van der Waals surface area contributed by atoms with Crippen LogP contribution in [0.25, 0.3) is 0 Å². The fraction of sp³-hybridized carbons (Fsp3) is 0.364. The molecule has 0 atom stereocenters. The van der Waals surface area contributed by atoms with Crippen molar-refractivity contribution < 1.29 is 13.6 Å². The molecule has 1 rings (SSSR count). The van der Waals surface area contributed by atoms with Crippen LogP contribution < -0.4 is 5.32 Å². The number of hydrogen-bond donors (Lipinski definition) is 1. The Bertz CT molecular complexity index is 377. The van der Waals surface area contributed by atoms with Crippen molar-refractivity contribution in [2.75, 3.05) is 13.6 Å². The van der Waals surface area contributed by atoms with E-state index in [2.05, 4.69) is 5.32 Å². The molecule has 0 amide bonds. The second-order valence-electron chi connectivity index (χ2n) is 3.20. The van der Waals surface area contributed by atoms with Gasteiger partial charge >= 0.3 is 0 Å². The normalized spacial score (nSPS) is 10.4. The third kappa shape index (κ3) is 2.39. The van der Waals surface area contributed by atoms with Gasteiger partial charge in [-0.25, -0.2) is 8.78 Å². The van der Waals surface area contributed by atoms with E-state index < -0.39 is 23.0 Å². The van der Waals surface area contributed by atoms with Crippen LogP contribution in [0.3, 0.4) is 0 Å². The number of halogens is 2. The van der Waals surface area contributed by atoms with Gasteiger partial charge in [0.2, 0.25) is 0 Å². The van der Waals surface area contributed by atoms with Crippen LogP contribution in [0, 0.1) is 11.6 Å². The largest absolute Gasteiger partial charge is 0.313 e. The SMILES string of the molecule is CCc1ccc(F)c(C(=O)CNC)c1F. The maximum absolute atomic E-state index is 13.6. The van der Waals surface area contributed by atoms with E-state index in [9.17, 15) is 13.6 Å². The molecule has 0 heterocycles. The molecule has 1 N–H and O–H groups in total. The monoisotopic (exact) mass is 213 g/mol. The summed E-state index contributed by atoms with van der Waals surface area (Å²) in [4.78, 5) is 11.4. The lowest BCUT2D eigenvalue weighted by Gasteiger charge is -2.07. The topological polar surface area (TPSA) is 29.1 Å². The molecule has 1 aromatic carbocycles. The second-order valence-corrected chi connectivity index (χ2v) is 3.20. The smallest absolute Gasteiger partial charge is 0.182 e. The van der Waals surface area contributed by atoms with E-state index in [1.807, 2.05) is 0 Å². The fourth-order valence-electron chi connectivity index (χ4n) is 1.37. The van der Waals surface area contributed by atoms with Crippen LogP contribution in [-0.2, 0) is 6.42 Å². The number of nitrogens with one attached hydrogen (secondary N) is 1. The summed E-state index contributed by atoms with van der Waals surface area (Å²) >= 11 is 0. The highest BCUT2D eigenvalue weighted by Crippen LogP contribution is 2.17. The number of benzene rings is 1. The van der Waals surface area contributed by atoms with E-state index in [0.717, 1.165) is 6.07 Å². The van der Waals surface area contributed by atoms with Crippen molar-refractivity contribution in [3.8, 4) is 0 Å². The van der Waals surface area contributed by atoms with Gasteiger partial charge in [-0.3, -0.25) is 4.79 Å². The van der Waals surface area contributed by atoms with Crippen LogP contribution in [0.2, 0.25) is 0 Å². The van der Waals surface area contributed by atoms with Gasteiger partial charge in [0.25, 0.3) is 0 Å². The van der Waals surface area contributed by atoms with Crippen molar-refractivity contribution >= 4 is 5.78 Å². The second kappa shape index (κ2) is 4.98. The van der Waals surface area contributed by atoms with Gasteiger partial charge in [-0.05, 0) is 25.1 Å². The van der Waals surface area contributed by atoms with Crippen molar-refractivity contribution in [2.45, 2.75) is 13.3 Å². The van der Waals surface area contributed by atoms with Crippen LogP contribution >= 0.6 is 0 Å². The van der Waals surface area contributed by atoms with Crippen molar-refractivity contribution in [1.29, 1.82) is 0 Å². The average Bonchev–Trinajstić information content (AvgIpc) is 2.18. The molecule has 82 valence electrons. The van der Waals surface area contributed by atoms with Crippen LogP contribution in [0.5, 0.6) is 0 Å². The van der Waals surface area contributed by atoms with Crippen LogP contribution in [0.15, 0.2) is 12.1 Å². The number of aryl methyl sites for hydroxylation is 1. The third-order valence-corrected chi connectivity index (χ3v) is 2.17. The molecule has 0 aliphatic heterocycles. The maximum Gasteiger partial charge on any atom is 0.182 e. The minimum Gasteiger partial charge on any atom is -0.313 e. The first-order valence-corrected chi connectivity index (χ1v) is 4.76. The molecule has 15 heavy (non-hydrogen) atoms. The molecule has 0 unspecified atom stereocenters. The Kier molecular flexibility index (Phi) is 3.91. The van der Waals surface area contributed by atoms with Gasteiger partial charge in [-0.15, -0.1) is 0 Å². The Balaban J connectivity index is 3.20. The quantitative estimate of drug-likeness (QED) is 0.774. The molecule has 0 saturated heterocycles. The highest BCUT2D eigenvalue weighted by atomic mass is 19.1. The van der Waals surface area contributed by atoms with Crippen molar-refractivity contribution in [3.05, 3.63) is 34.9 Å². The van der Waals surface area contributed by atoms with Gasteiger partial charge in [0.1, 0.15) is 11.6 Å². The van der Waals surface area contributed by atoms with E-state index in [1.165, 1.54) is 6.07 Å². The highest BCUT2D eigenvalue weighted by Gasteiger charge is 2.18. The Hall–Kier alpha value is -1.29. The molecule has 0 aromatic heterocycles. The van der Waals surface area contributed by atoms with Gasteiger partial charge in [-0.2, -0.15) is 0 Å². The Morgan fingerprint density at radius 2 is 2.07 bits per heavy atom. The summed E-state index contributed by atoms with van der Waals surface area (Å²) < 4.78 is 26.9. The molecule has 0 bridgehead atoms. The third-order valence-electron chi connectivity index (χ3n) is 2.17. The van der Waals surface area contributed by atoms with Gasteiger partial charge in [0, 0.05) is 0 Å². The molecule has 0 saturated carbocycles. The van der Waals surface area contributed by atoms with Crippen molar-refractivity contribution in [3.63, 3.8) is 0 Å². The molecule has 4 heteroatoms. The summed E-state index contributed by atoms with van der Waals surface area (Å²) in [5.74, 6) is -2.11. The summed E-state index contributed by atoms with van der Waals surface area (Å²) in [6, 6.07) is 2.49. The molecule has 0 radical (unpaired) electrons. The van der Waals surface area contributed by atoms with E-state index in [1.54, 1.807) is 14.0 Å². The van der Waals surface area contributed by atoms with Crippen LogP contribution in [0.4, 0.5) is 8.78 Å². The van der Waals surface area contributed by atoms with Crippen molar-refractivity contribution in [2.24, 2.45) is 0 Å². The molecular formula is C11H13F2NO. The predicted molar refractivity (Wildman–Crippen MR) is 54.0 cm³/mol. The number of rotatable bonds is 4. The Morgan fingerprint density at radius 1 is 1.40 bits per heavy atom. The van der Waals surface area contributed by atoms with Gasteiger partial charge in [0.15, 0.2) is 5.78 Å². The molecule has 0 aliphatic carbocycles. The Labute approximate surface area is 87.3 Å². The van der Waals surface area contributed by atoms with E-state index in [4.69, 9.17) is 0 Å². The summed E-state index contributed by atoms with van der Waals surface area (Å²) in [5.41, 5.74) is -0.0837. The van der Waals surface area contributed by atoms with Crippen LogP contribution in [0.1, 0.15) is 22.8 Å². The molecule has 1 aromatic rings. The standard InChI is InChI=1S/C11H13F2NO/c1-3-7-4-5-8(12)10(11(7)13)9(15)6-14-2/h4-5,14H,3,6H2,1-2H3. The Morgan fingerprint density at radius 3 is 2.60 bits per heavy atom. The zero-order valence-corrected chi connectivity index (χ0v) is 8.73.